The third-order valence-electron chi connectivity index (χ3n) is 5.47. The van der Waals surface area contributed by atoms with E-state index in [-0.39, 0.29) is 5.60 Å². The molecule has 1 atom stereocenters. The van der Waals surface area contributed by atoms with Crippen molar-refractivity contribution in [1.29, 1.82) is 0 Å². The fourth-order valence-corrected chi connectivity index (χ4v) is 4.05. The van der Waals surface area contributed by atoms with Gasteiger partial charge in [0.15, 0.2) is 5.82 Å². The van der Waals surface area contributed by atoms with Crippen LogP contribution >= 0.6 is 0 Å². The van der Waals surface area contributed by atoms with Gasteiger partial charge in [-0.2, -0.15) is 0 Å². The molecule has 0 N–H and O–H groups in total. The van der Waals surface area contributed by atoms with Gasteiger partial charge < -0.3 is 14.4 Å². The number of hydrogen-bond donors (Lipinski definition) is 0. The summed E-state index contributed by atoms with van der Waals surface area (Å²) in [5.41, 5.74) is -0.0746. The highest BCUT2D eigenvalue weighted by Gasteiger charge is 2.46. The number of anilines is 1. The minimum atomic E-state index is -0.407. The normalized spacial score (nSPS) is 21.9. The zero-order valence-corrected chi connectivity index (χ0v) is 14.7. The molecule has 2 aromatic heterocycles. The lowest BCUT2D eigenvalue weighted by Gasteiger charge is -2.42. The van der Waals surface area contributed by atoms with Crippen LogP contribution in [0, 0.1) is 11.7 Å². The molecule has 2 aliphatic rings. The number of pyridine rings is 1. The average Bonchev–Trinajstić information content (AvgIpc) is 3.06. The van der Waals surface area contributed by atoms with E-state index >= 15 is 0 Å². The number of piperidine rings is 1. The molecular formula is C19H23FN4O2. The van der Waals surface area contributed by atoms with Gasteiger partial charge in [0.2, 0.25) is 5.95 Å². The maximum Gasteiger partial charge on any atom is 0.225 e. The van der Waals surface area contributed by atoms with Crippen molar-refractivity contribution in [3.8, 4) is 5.75 Å². The molecule has 2 aliphatic heterocycles. The Morgan fingerprint density at radius 2 is 2.04 bits per heavy atom. The van der Waals surface area contributed by atoms with E-state index in [4.69, 9.17) is 9.47 Å². The minimum absolute atomic E-state index is 0.0746. The van der Waals surface area contributed by atoms with E-state index in [1.807, 2.05) is 12.1 Å². The van der Waals surface area contributed by atoms with Gasteiger partial charge in [0.25, 0.3) is 0 Å². The third-order valence-corrected chi connectivity index (χ3v) is 5.47. The van der Waals surface area contributed by atoms with Gasteiger partial charge in [0, 0.05) is 25.9 Å². The van der Waals surface area contributed by atoms with Crippen molar-refractivity contribution in [3.05, 3.63) is 42.7 Å². The Morgan fingerprint density at radius 3 is 2.77 bits per heavy atom. The first kappa shape index (κ1) is 17.1. The van der Waals surface area contributed by atoms with Crippen LogP contribution in [0.15, 0.2) is 36.9 Å². The van der Waals surface area contributed by atoms with Crippen LogP contribution in [0.1, 0.15) is 25.7 Å². The maximum atomic E-state index is 13.0. The summed E-state index contributed by atoms with van der Waals surface area (Å²) in [6, 6.07) is 3.80. The van der Waals surface area contributed by atoms with Crippen LogP contribution in [0.25, 0.3) is 0 Å². The molecule has 0 unspecified atom stereocenters. The molecule has 7 heteroatoms. The van der Waals surface area contributed by atoms with Crippen molar-refractivity contribution in [3.63, 3.8) is 0 Å². The number of aromatic nitrogens is 3. The highest BCUT2D eigenvalue weighted by Crippen LogP contribution is 2.42. The fourth-order valence-electron chi connectivity index (χ4n) is 4.05. The van der Waals surface area contributed by atoms with Gasteiger partial charge in [-0.3, -0.25) is 4.98 Å². The van der Waals surface area contributed by atoms with Crippen LogP contribution in [0.3, 0.4) is 0 Å². The van der Waals surface area contributed by atoms with Crippen molar-refractivity contribution in [2.75, 3.05) is 31.2 Å². The zero-order chi connectivity index (χ0) is 17.8. The molecule has 0 saturated carbocycles. The topological polar surface area (TPSA) is 60.4 Å². The molecule has 1 spiro atoms. The van der Waals surface area contributed by atoms with E-state index in [1.54, 1.807) is 12.4 Å². The number of halogens is 1. The second-order valence-corrected chi connectivity index (χ2v) is 6.91. The lowest BCUT2D eigenvalue weighted by molar-refractivity contribution is -0.0442. The van der Waals surface area contributed by atoms with Crippen molar-refractivity contribution in [1.82, 2.24) is 15.0 Å². The number of hydrogen-bond acceptors (Lipinski definition) is 6. The van der Waals surface area contributed by atoms with Crippen molar-refractivity contribution < 1.29 is 13.9 Å². The zero-order valence-electron chi connectivity index (χ0n) is 14.7. The van der Waals surface area contributed by atoms with Crippen LogP contribution in [-0.4, -0.2) is 46.9 Å². The molecule has 138 valence electrons. The molecular weight excluding hydrogens is 335 g/mol. The van der Waals surface area contributed by atoms with Gasteiger partial charge in [0.1, 0.15) is 5.75 Å². The number of rotatable bonds is 5. The summed E-state index contributed by atoms with van der Waals surface area (Å²) < 4.78 is 25.0. The molecule has 6 nitrogen and oxygen atoms in total. The molecule has 0 aliphatic carbocycles. The Labute approximate surface area is 152 Å². The maximum absolute atomic E-state index is 13.0. The van der Waals surface area contributed by atoms with Crippen LogP contribution < -0.4 is 9.64 Å². The van der Waals surface area contributed by atoms with E-state index in [1.165, 1.54) is 12.4 Å². The summed E-state index contributed by atoms with van der Waals surface area (Å²) in [5.74, 6) is 1.49. The SMILES string of the molecule is Fc1cnc(N2CCC3(CC2)OCC[C@H]3CCOc2cccnc2)nc1. The third kappa shape index (κ3) is 3.62. The van der Waals surface area contributed by atoms with Crippen LogP contribution in [0.2, 0.25) is 0 Å². The molecule has 0 radical (unpaired) electrons. The Balaban J connectivity index is 1.32. The molecule has 0 bridgehead atoms. The largest absolute Gasteiger partial charge is 0.492 e. The predicted octanol–water partition coefficient (Wildman–Crippen LogP) is 2.86. The first-order valence-electron chi connectivity index (χ1n) is 9.14. The van der Waals surface area contributed by atoms with Crippen LogP contribution in [-0.2, 0) is 4.74 Å². The molecule has 2 aromatic rings. The Morgan fingerprint density at radius 1 is 1.23 bits per heavy atom. The quantitative estimate of drug-likeness (QED) is 0.819. The lowest BCUT2D eigenvalue weighted by atomic mass is 9.78. The summed E-state index contributed by atoms with van der Waals surface area (Å²) in [4.78, 5) is 14.4. The Kier molecular flexibility index (Phi) is 4.97. The monoisotopic (exact) mass is 358 g/mol. The minimum Gasteiger partial charge on any atom is -0.492 e. The predicted molar refractivity (Wildman–Crippen MR) is 94.6 cm³/mol. The van der Waals surface area contributed by atoms with E-state index in [2.05, 4.69) is 19.9 Å². The van der Waals surface area contributed by atoms with Crippen molar-refractivity contribution >= 4 is 5.95 Å². The van der Waals surface area contributed by atoms with Crippen molar-refractivity contribution in [2.45, 2.75) is 31.3 Å². The first-order valence-corrected chi connectivity index (χ1v) is 9.14. The molecule has 26 heavy (non-hydrogen) atoms. The smallest absolute Gasteiger partial charge is 0.225 e. The summed E-state index contributed by atoms with van der Waals surface area (Å²) in [5, 5.41) is 0. The van der Waals surface area contributed by atoms with Gasteiger partial charge in [-0.15, -0.1) is 0 Å². The van der Waals surface area contributed by atoms with Gasteiger partial charge in [-0.1, -0.05) is 0 Å². The molecule has 2 fully saturated rings. The highest BCUT2D eigenvalue weighted by atomic mass is 19.1. The van der Waals surface area contributed by atoms with Gasteiger partial charge >= 0.3 is 0 Å². The summed E-state index contributed by atoms with van der Waals surface area (Å²) in [6.07, 6.45) is 9.84. The second-order valence-electron chi connectivity index (χ2n) is 6.91. The van der Waals surface area contributed by atoms with Gasteiger partial charge in [-0.05, 0) is 43.7 Å². The van der Waals surface area contributed by atoms with Crippen molar-refractivity contribution in [2.24, 2.45) is 5.92 Å². The van der Waals surface area contributed by atoms with E-state index in [0.29, 0.717) is 18.5 Å². The molecule has 4 rings (SSSR count). The molecule has 4 heterocycles. The van der Waals surface area contributed by atoms with E-state index < -0.39 is 5.82 Å². The summed E-state index contributed by atoms with van der Waals surface area (Å²) in [6.45, 7) is 3.13. The Hall–Kier alpha value is -2.28. The number of ether oxygens (including phenoxy) is 2. The van der Waals surface area contributed by atoms with E-state index in [9.17, 15) is 4.39 Å². The lowest BCUT2D eigenvalue weighted by Crippen LogP contribution is -2.48. The van der Waals surface area contributed by atoms with Crippen LogP contribution in [0.4, 0.5) is 10.3 Å². The number of nitrogens with zero attached hydrogens (tertiary/aromatic N) is 4. The highest BCUT2D eigenvalue weighted by molar-refractivity contribution is 5.30. The molecule has 0 aromatic carbocycles. The average molecular weight is 358 g/mol. The van der Waals surface area contributed by atoms with Gasteiger partial charge in [0.05, 0.1) is 30.8 Å². The first-order chi connectivity index (χ1) is 12.8. The fraction of sp³-hybridized carbons (Fsp3) is 0.526. The molecule has 0 amide bonds. The Bertz CT molecular complexity index is 705. The second kappa shape index (κ2) is 7.53. The van der Waals surface area contributed by atoms with E-state index in [0.717, 1.165) is 51.1 Å². The summed E-state index contributed by atoms with van der Waals surface area (Å²) in [7, 11) is 0. The van der Waals surface area contributed by atoms with Crippen LogP contribution in [0.5, 0.6) is 5.75 Å². The molecule has 2 saturated heterocycles. The van der Waals surface area contributed by atoms with Gasteiger partial charge in [-0.25, -0.2) is 14.4 Å². The standard InChI is InChI=1S/C19H23FN4O2/c20-16-12-22-18(23-13-16)24-8-5-19(6-9-24)15(4-11-26-19)3-10-25-17-2-1-7-21-14-17/h1-2,7,12-15H,3-6,8-11H2/t15-/m1/s1. The summed E-state index contributed by atoms with van der Waals surface area (Å²) >= 11 is 0.